The van der Waals surface area contributed by atoms with Gasteiger partial charge in [-0.3, -0.25) is 0 Å². The summed E-state index contributed by atoms with van der Waals surface area (Å²) < 4.78 is 5.28. The summed E-state index contributed by atoms with van der Waals surface area (Å²) in [6, 6.07) is 3.73. The molecule has 106 valence electrons. The number of hydrogen-bond donors (Lipinski definition) is 2. The highest BCUT2D eigenvalue weighted by atomic mass is 32.1. The number of rotatable bonds is 6. The Labute approximate surface area is 123 Å². The van der Waals surface area contributed by atoms with Crippen molar-refractivity contribution in [1.29, 1.82) is 0 Å². The van der Waals surface area contributed by atoms with Crippen molar-refractivity contribution < 1.29 is 4.42 Å². The second kappa shape index (κ2) is 6.47. The van der Waals surface area contributed by atoms with Crippen LogP contribution in [-0.4, -0.2) is 15.2 Å². The normalized spacial score (nSPS) is 10.5. The first-order chi connectivity index (χ1) is 9.67. The van der Waals surface area contributed by atoms with E-state index < -0.39 is 0 Å². The Bertz CT molecular complexity index is 595. The van der Waals surface area contributed by atoms with Gasteiger partial charge in [-0.25, -0.2) is 0 Å². The van der Waals surface area contributed by atoms with Crippen molar-refractivity contribution in [3.8, 4) is 0 Å². The van der Waals surface area contributed by atoms with Crippen LogP contribution in [0.15, 0.2) is 22.8 Å². The maximum Gasteiger partial charge on any atom is 0.159 e. The zero-order valence-electron chi connectivity index (χ0n) is 11.6. The van der Waals surface area contributed by atoms with Crippen molar-refractivity contribution in [3.63, 3.8) is 0 Å². The maximum atomic E-state index is 5.86. The number of aryl methyl sites for hydroxylation is 1. The van der Waals surface area contributed by atoms with Gasteiger partial charge in [-0.15, -0.1) is 5.10 Å². The molecule has 0 aliphatic rings. The van der Waals surface area contributed by atoms with E-state index in [0.29, 0.717) is 17.4 Å². The van der Waals surface area contributed by atoms with Crippen molar-refractivity contribution in [1.82, 2.24) is 10.2 Å². The van der Waals surface area contributed by atoms with Gasteiger partial charge in [-0.1, -0.05) is 26.1 Å². The van der Waals surface area contributed by atoms with Crippen LogP contribution in [0.1, 0.15) is 36.4 Å². The molecule has 0 atom stereocenters. The first-order valence-electron chi connectivity index (χ1n) is 6.61. The summed E-state index contributed by atoms with van der Waals surface area (Å²) in [5.41, 5.74) is 8.67. The highest BCUT2D eigenvalue weighted by molar-refractivity contribution is 7.80. The third-order valence-electron chi connectivity index (χ3n) is 3.10. The second-order valence-electron chi connectivity index (χ2n) is 4.35. The molecule has 20 heavy (non-hydrogen) atoms. The van der Waals surface area contributed by atoms with E-state index in [9.17, 15) is 0 Å². The van der Waals surface area contributed by atoms with Crippen molar-refractivity contribution in [2.75, 3.05) is 5.32 Å². The van der Waals surface area contributed by atoms with E-state index in [1.807, 2.05) is 19.1 Å². The van der Waals surface area contributed by atoms with Gasteiger partial charge >= 0.3 is 0 Å². The summed E-state index contributed by atoms with van der Waals surface area (Å²) in [6.45, 7) is 4.63. The molecule has 0 amide bonds. The number of hydrogen-bond acceptors (Lipinski definition) is 5. The van der Waals surface area contributed by atoms with Crippen LogP contribution < -0.4 is 11.1 Å². The molecule has 0 spiro atoms. The van der Waals surface area contributed by atoms with Crippen LogP contribution in [0.3, 0.4) is 0 Å². The van der Waals surface area contributed by atoms with Crippen molar-refractivity contribution in [2.24, 2.45) is 5.73 Å². The van der Waals surface area contributed by atoms with Crippen LogP contribution in [0, 0.1) is 0 Å². The first kappa shape index (κ1) is 14.5. The van der Waals surface area contributed by atoms with Gasteiger partial charge in [0.15, 0.2) is 5.82 Å². The molecule has 2 heterocycles. The van der Waals surface area contributed by atoms with Gasteiger partial charge in [0.05, 0.1) is 24.1 Å². The lowest BCUT2D eigenvalue weighted by molar-refractivity contribution is 0.517. The quantitative estimate of drug-likeness (QED) is 0.796. The molecule has 0 radical (unpaired) electrons. The number of thiocarbonyl (C=S) groups is 1. The third kappa shape index (κ3) is 2.96. The second-order valence-corrected chi connectivity index (χ2v) is 4.79. The van der Waals surface area contributed by atoms with Crippen LogP contribution in [0.2, 0.25) is 0 Å². The number of furan rings is 1. The zero-order valence-corrected chi connectivity index (χ0v) is 12.5. The molecule has 0 unspecified atom stereocenters. The van der Waals surface area contributed by atoms with E-state index in [2.05, 4.69) is 22.4 Å². The topological polar surface area (TPSA) is 77.0 Å². The number of nitrogens with one attached hydrogen (secondary N) is 1. The number of anilines is 1. The molecule has 0 aromatic carbocycles. The summed E-state index contributed by atoms with van der Waals surface area (Å²) in [5, 5.41) is 11.6. The standard InChI is InChI=1S/C14H18N4OS/c1-3-10-11(4-2)17-18-14(12(10)13(15)20)16-8-9-6-5-7-19-9/h5-7H,3-4,8H2,1-2H3,(H2,15,20)(H,16,18). The summed E-state index contributed by atoms with van der Waals surface area (Å²) in [6.07, 6.45) is 3.26. The van der Waals surface area contributed by atoms with E-state index in [-0.39, 0.29) is 0 Å². The first-order valence-corrected chi connectivity index (χ1v) is 7.02. The fourth-order valence-electron chi connectivity index (χ4n) is 2.15. The molecule has 0 saturated heterocycles. The van der Waals surface area contributed by atoms with Crippen molar-refractivity contribution in [2.45, 2.75) is 33.2 Å². The van der Waals surface area contributed by atoms with E-state index in [4.69, 9.17) is 22.4 Å². The van der Waals surface area contributed by atoms with Crippen LogP contribution in [0.5, 0.6) is 0 Å². The molecule has 0 aliphatic heterocycles. The SMILES string of the molecule is CCc1nnc(NCc2ccco2)c(C(N)=S)c1CC. The van der Waals surface area contributed by atoms with E-state index in [1.54, 1.807) is 6.26 Å². The maximum absolute atomic E-state index is 5.86. The van der Waals surface area contributed by atoms with E-state index >= 15 is 0 Å². The summed E-state index contributed by atoms with van der Waals surface area (Å²) in [4.78, 5) is 0.341. The Balaban J connectivity index is 2.34. The van der Waals surface area contributed by atoms with Gasteiger partial charge < -0.3 is 15.5 Å². The van der Waals surface area contributed by atoms with Crippen LogP contribution >= 0.6 is 12.2 Å². The van der Waals surface area contributed by atoms with Crippen molar-refractivity contribution in [3.05, 3.63) is 41.0 Å². The fourth-order valence-corrected chi connectivity index (χ4v) is 2.37. The van der Waals surface area contributed by atoms with Crippen LogP contribution in [-0.2, 0) is 19.4 Å². The Hall–Kier alpha value is -1.95. The number of aromatic nitrogens is 2. The number of nitrogens with zero attached hydrogens (tertiary/aromatic N) is 2. The zero-order chi connectivity index (χ0) is 14.5. The minimum atomic E-state index is 0.341. The molecule has 0 fully saturated rings. The number of nitrogens with two attached hydrogens (primary N) is 1. The summed E-state index contributed by atoms with van der Waals surface area (Å²) >= 11 is 5.17. The smallest absolute Gasteiger partial charge is 0.159 e. The monoisotopic (exact) mass is 290 g/mol. The third-order valence-corrected chi connectivity index (χ3v) is 3.31. The predicted molar refractivity (Wildman–Crippen MR) is 82.7 cm³/mol. The molecule has 2 rings (SSSR count). The average molecular weight is 290 g/mol. The average Bonchev–Trinajstić information content (AvgIpc) is 2.96. The van der Waals surface area contributed by atoms with Crippen molar-refractivity contribution >= 4 is 23.0 Å². The molecular weight excluding hydrogens is 272 g/mol. The van der Waals surface area contributed by atoms with Gasteiger partial charge in [0.25, 0.3) is 0 Å². The molecule has 5 nitrogen and oxygen atoms in total. The molecule has 0 bridgehead atoms. The molecule has 6 heteroatoms. The predicted octanol–water partition coefficient (Wildman–Crippen LogP) is 2.44. The van der Waals surface area contributed by atoms with Gasteiger partial charge in [0, 0.05) is 0 Å². The Morgan fingerprint density at radius 3 is 2.70 bits per heavy atom. The molecule has 0 aliphatic carbocycles. The Kier molecular flexibility index (Phi) is 4.68. The highest BCUT2D eigenvalue weighted by Crippen LogP contribution is 2.21. The summed E-state index contributed by atoms with van der Waals surface area (Å²) in [5.74, 6) is 1.43. The Morgan fingerprint density at radius 1 is 1.35 bits per heavy atom. The van der Waals surface area contributed by atoms with E-state index in [1.165, 1.54) is 0 Å². The summed E-state index contributed by atoms with van der Waals surface area (Å²) in [7, 11) is 0. The van der Waals surface area contributed by atoms with Gasteiger partial charge in [0.2, 0.25) is 0 Å². The largest absolute Gasteiger partial charge is 0.467 e. The van der Waals surface area contributed by atoms with Gasteiger partial charge in [-0.05, 0) is 30.5 Å². The lowest BCUT2D eigenvalue weighted by Crippen LogP contribution is -2.19. The lowest BCUT2D eigenvalue weighted by Gasteiger charge is -2.15. The van der Waals surface area contributed by atoms with Gasteiger partial charge in [-0.2, -0.15) is 5.10 Å². The molecule has 2 aromatic heterocycles. The van der Waals surface area contributed by atoms with Crippen LogP contribution in [0.25, 0.3) is 0 Å². The molecular formula is C14H18N4OS. The minimum Gasteiger partial charge on any atom is -0.467 e. The fraction of sp³-hybridized carbons (Fsp3) is 0.357. The van der Waals surface area contributed by atoms with E-state index in [0.717, 1.165) is 35.4 Å². The Morgan fingerprint density at radius 2 is 2.15 bits per heavy atom. The highest BCUT2D eigenvalue weighted by Gasteiger charge is 2.16. The minimum absolute atomic E-state index is 0.341. The van der Waals surface area contributed by atoms with Crippen LogP contribution in [0.4, 0.5) is 5.82 Å². The molecule has 3 N–H and O–H groups in total. The lowest BCUT2D eigenvalue weighted by atomic mass is 10.0. The molecule has 0 saturated carbocycles. The molecule has 2 aromatic rings. The van der Waals surface area contributed by atoms with Gasteiger partial charge in [0.1, 0.15) is 10.7 Å².